The Morgan fingerprint density at radius 3 is 2.62 bits per heavy atom. The van der Waals surface area contributed by atoms with Crippen molar-refractivity contribution in [2.75, 3.05) is 6.54 Å². The Labute approximate surface area is 161 Å². The summed E-state index contributed by atoms with van der Waals surface area (Å²) in [6.07, 6.45) is 0.396. The predicted molar refractivity (Wildman–Crippen MR) is 107 cm³/mol. The Kier molecular flexibility index (Phi) is 4.68. The van der Waals surface area contributed by atoms with E-state index in [-0.39, 0.29) is 5.91 Å². The minimum Gasteiger partial charge on any atom is -0.481 e. The number of halogens is 1. The zero-order valence-electron chi connectivity index (χ0n) is 14.6. The van der Waals surface area contributed by atoms with Gasteiger partial charge in [-0.15, -0.1) is 0 Å². The van der Waals surface area contributed by atoms with Crippen molar-refractivity contribution in [3.05, 3.63) is 76.3 Å². The monoisotopic (exact) mass is 409 g/mol. The fraction of sp³-hybridized carbons (Fsp3) is 0.227. The third-order valence-electron chi connectivity index (χ3n) is 4.88. The number of hydrogen-bond acceptors (Lipinski definition) is 2. The number of carbonyl (C=O) groups is 1. The Balaban J connectivity index is 1.47. The van der Waals surface area contributed by atoms with E-state index in [0.29, 0.717) is 6.54 Å². The summed E-state index contributed by atoms with van der Waals surface area (Å²) in [5.41, 5.74) is 2.57. The largest absolute Gasteiger partial charge is 0.481 e. The van der Waals surface area contributed by atoms with E-state index >= 15 is 0 Å². The van der Waals surface area contributed by atoms with Gasteiger partial charge >= 0.3 is 0 Å². The quantitative estimate of drug-likeness (QED) is 0.611. The van der Waals surface area contributed by atoms with Crippen LogP contribution in [0.3, 0.4) is 0 Å². The average molecular weight is 410 g/mol. The Bertz CT molecular complexity index is 969. The van der Waals surface area contributed by atoms with Gasteiger partial charge in [0.15, 0.2) is 6.10 Å². The van der Waals surface area contributed by atoms with E-state index in [1.54, 1.807) is 0 Å². The molecule has 0 aromatic heterocycles. The molecule has 0 unspecified atom stereocenters. The van der Waals surface area contributed by atoms with E-state index < -0.39 is 6.10 Å². The van der Waals surface area contributed by atoms with Crippen molar-refractivity contribution in [2.45, 2.75) is 26.0 Å². The van der Waals surface area contributed by atoms with Gasteiger partial charge in [0, 0.05) is 17.6 Å². The van der Waals surface area contributed by atoms with Crippen LogP contribution in [0.2, 0.25) is 0 Å². The molecule has 0 spiro atoms. The first-order chi connectivity index (χ1) is 12.6. The number of nitrogens with zero attached hydrogens (tertiary/aromatic N) is 1. The molecule has 3 aromatic rings. The molecule has 0 saturated carbocycles. The molecule has 26 heavy (non-hydrogen) atoms. The molecular weight excluding hydrogens is 390 g/mol. The van der Waals surface area contributed by atoms with Crippen molar-refractivity contribution in [1.29, 1.82) is 0 Å². The molecule has 0 bridgehead atoms. The number of amides is 1. The molecule has 0 fully saturated rings. The van der Waals surface area contributed by atoms with E-state index in [2.05, 4.69) is 40.2 Å². The van der Waals surface area contributed by atoms with Gasteiger partial charge in [-0.05, 0) is 59.5 Å². The van der Waals surface area contributed by atoms with Gasteiger partial charge < -0.3 is 9.64 Å². The van der Waals surface area contributed by atoms with E-state index in [1.165, 1.54) is 11.1 Å². The summed E-state index contributed by atoms with van der Waals surface area (Å²) in [4.78, 5) is 14.7. The van der Waals surface area contributed by atoms with Crippen molar-refractivity contribution in [3.8, 4) is 5.75 Å². The van der Waals surface area contributed by atoms with E-state index in [0.717, 1.165) is 34.0 Å². The number of benzene rings is 3. The van der Waals surface area contributed by atoms with Crippen LogP contribution in [0.1, 0.15) is 18.1 Å². The second kappa shape index (κ2) is 7.12. The van der Waals surface area contributed by atoms with Gasteiger partial charge in [0.2, 0.25) is 0 Å². The molecule has 4 heteroatoms. The minimum absolute atomic E-state index is 0.0374. The number of carbonyl (C=O) groups excluding carboxylic acids is 1. The van der Waals surface area contributed by atoms with Crippen molar-refractivity contribution in [2.24, 2.45) is 0 Å². The Hall–Kier alpha value is -2.33. The summed E-state index contributed by atoms with van der Waals surface area (Å²) < 4.78 is 7.00. The topological polar surface area (TPSA) is 29.5 Å². The van der Waals surface area contributed by atoms with Gasteiger partial charge in [0.05, 0.1) is 0 Å². The summed E-state index contributed by atoms with van der Waals surface area (Å²) >= 11 is 3.48. The summed E-state index contributed by atoms with van der Waals surface area (Å²) in [6.45, 7) is 3.23. The van der Waals surface area contributed by atoms with E-state index in [1.807, 2.05) is 48.2 Å². The van der Waals surface area contributed by atoms with Crippen LogP contribution in [-0.4, -0.2) is 23.5 Å². The average Bonchev–Trinajstić information content (AvgIpc) is 2.67. The van der Waals surface area contributed by atoms with Crippen LogP contribution in [0.15, 0.2) is 65.1 Å². The fourth-order valence-corrected chi connectivity index (χ4v) is 3.84. The van der Waals surface area contributed by atoms with Crippen LogP contribution < -0.4 is 4.74 Å². The SMILES string of the molecule is C[C@H](Oc1ccc2cc(Br)ccc2c1)C(=O)N1CCc2ccccc2C1. The Morgan fingerprint density at radius 2 is 1.77 bits per heavy atom. The molecule has 3 nitrogen and oxygen atoms in total. The van der Waals surface area contributed by atoms with Crippen molar-refractivity contribution in [3.63, 3.8) is 0 Å². The lowest BCUT2D eigenvalue weighted by molar-refractivity contribution is -0.138. The third-order valence-corrected chi connectivity index (χ3v) is 5.37. The molecule has 0 aliphatic carbocycles. The molecule has 1 aliphatic rings. The van der Waals surface area contributed by atoms with Crippen LogP contribution in [0, 0.1) is 0 Å². The van der Waals surface area contributed by atoms with E-state index in [4.69, 9.17) is 4.74 Å². The first kappa shape index (κ1) is 17.1. The predicted octanol–water partition coefficient (Wildman–Crippen LogP) is 4.95. The molecule has 3 aromatic carbocycles. The highest BCUT2D eigenvalue weighted by atomic mass is 79.9. The highest BCUT2D eigenvalue weighted by molar-refractivity contribution is 9.10. The molecule has 0 N–H and O–H groups in total. The summed E-state index contributed by atoms with van der Waals surface area (Å²) in [7, 11) is 0. The molecule has 1 heterocycles. The van der Waals surface area contributed by atoms with Gasteiger partial charge in [-0.3, -0.25) is 4.79 Å². The summed E-state index contributed by atoms with van der Waals surface area (Å²) in [6, 6.07) is 20.4. The Morgan fingerprint density at radius 1 is 1.04 bits per heavy atom. The second-order valence-electron chi connectivity index (χ2n) is 6.69. The number of fused-ring (bicyclic) bond motifs is 2. The smallest absolute Gasteiger partial charge is 0.263 e. The number of ether oxygens (including phenoxy) is 1. The van der Waals surface area contributed by atoms with Crippen molar-refractivity contribution in [1.82, 2.24) is 4.90 Å². The lowest BCUT2D eigenvalue weighted by Gasteiger charge is -2.31. The maximum Gasteiger partial charge on any atom is 0.263 e. The van der Waals surface area contributed by atoms with Crippen molar-refractivity contribution >= 4 is 32.6 Å². The maximum absolute atomic E-state index is 12.8. The molecule has 0 saturated heterocycles. The first-order valence-electron chi connectivity index (χ1n) is 8.82. The van der Waals surface area contributed by atoms with E-state index in [9.17, 15) is 4.79 Å². The van der Waals surface area contributed by atoms with Gasteiger partial charge in [-0.1, -0.05) is 52.3 Å². The fourth-order valence-electron chi connectivity index (χ4n) is 3.46. The zero-order chi connectivity index (χ0) is 18.1. The third kappa shape index (κ3) is 3.47. The number of hydrogen-bond donors (Lipinski definition) is 0. The summed E-state index contributed by atoms with van der Waals surface area (Å²) in [5.74, 6) is 0.758. The lowest BCUT2D eigenvalue weighted by Crippen LogP contribution is -2.43. The normalized spacial score (nSPS) is 14.8. The van der Waals surface area contributed by atoms with Crippen LogP contribution >= 0.6 is 15.9 Å². The highest BCUT2D eigenvalue weighted by Crippen LogP contribution is 2.25. The molecule has 1 amide bonds. The molecule has 4 rings (SSSR count). The van der Waals surface area contributed by atoms with Gasteiger partial charge in [0.25, 0.3) is 5.91 Å². The number of rotatable bonds is 3. The van der Waals surface area contributed by atoms with Crippen LogP contribution in [-0.2, 0) is 17.8 Å². The molecular formula is C22H20BrNO2. The van der Waals surface area contributed by atoms with Crippen LogP contribution in [0.5, 0.6) is 5.75 Å². The maximum atomic E-state index is 12.8. The highest BCUT2D eigenvalue weighted by Gasteiger charge is 2.25. The van der Waals surface area contributed by atoms with Gasteiger partial charge in [-0.2, -0.15) is 0 Å². The van der Waals surface area contributed by atoms with Crippen LogP contribution in [0.4, 0.5) is 0 Å². The first-order valence-corrected chi connectivity index (χ1v) is 9.61. The van der Waals surface area contributed by atoms with Gasteiger partial charge in [-0.25, -0.2) is 0 Å². The van der Waals surface area contributed by atoms with Crippen molar-refractivity contribution < 1.29 is 9.53 Å². The lowest BCUT2D eigenvalue weighted by atomic mass is 9.99. The standard InChI is InChI=1S/C22H20BrNO2/c1-15(22(25)24-11-10-16-4-2-3-5-19(16)14-24)26-21-9-7-17-12-20(23)8-6-18(17)13-21/h2-9,12-13,15H,10-11,14H2,1H3/t15-/m0/s1. The van der Waals surface area contributed by atoms with Crippen LogP contribution in [0.25, 0.3) is 10.8 Å². The zero-order valence-corrected chi connectivity index (χ0v) is 16.2. The molecule has 132 valence electrons. The minimum atomic E-state index is -0.506. The second-order valence-corrected chi connectivity index (χ2v) is 7.61. The molecule has 0 radical (unpaired) electrons. The molecule has 1 atom stereocenters. The van der Waals surface area contributed by atoms with Gasteiger partial charge in [0.1, 0.15) is 5.75 Å². The molecule has 1 aliphatic heterocycles. The summed E-state index contributed by atoms with van der Waals surface area (Å²) in [5, 5.41) is 2.23.